The van der Waals surface area contributed by atoms with Crippen molar-refractivity contribution in [1.82, 2.24) is 0 Å². The minimum atomic E-state index is -0.993. The van der Waals surface area contributed by atoms with Crippen LogP contribution in [0, 0.1) is 0 Å². The molecule has 0 spiro atoms. The van der Waals surface area contributed by atoms with E-state index >= 15 is 0 Å². The van der Waals surface area contributed by atoms with Crippen LogP contribution in [0.5, 0.6) is 11.5 Å². The van der Waals surface area contributed by atoms with Crippen LogP contribution in [-0.2, 0) is 0 Å². The fourth-order valence-corrected chi connectivity index (χ4v) is 0.971. The lowest BCUT2D eigenvalue weighted by Gasteiger charge is -2.24. The Balaban J connectivity index is 3.08. The van der Waals surface area contributed by atoms with Crippen molar-refractivity contribution in [3.8, 4) is 11.5 Å². The number of rotatable bonds is 2. The molecule has 0 fully saturated rings. The Labute approximate surface area is 71.2 Å². The summed E-state index contributed by atoms with van der Waals surface area (Å²) in [4.78, 5) is 0. The largest absolute Gasteiger partial charge is 0.872 e. The van der Waals surface area contributed by atoms with Gasteiger partial charge >= 0.3 is 0 Å². The fourth-order valence-electron chi connectivity index (χ4n) is 0.971. The number of ether oxygens (including phenoxy) is 1. The van der Waals surface area contributed by atoms with E-state index in [-0.39, 0.29) is 11.3 Å². The van der Waals surface area contributed by atoms with Gasteiger partial charge in [-0.1, -0.05) is 18.6 Å². The van der Waals surface area contributed by atoms with E-state index in [1.807, 2.05) is 0 Å². The normalized spacial score (nSPS) is 12.6. The highest BCUT2D eigenvalue weighted by molar-refractivity contribution is 5.39. The van der Waals surface area contributed by atoms with Gasteiger partial charge in [0.25, 0.3) is 0 Å². The molecule has 66 valence electrons. The van der Waals surface area contributed by atoms with Crippen molar-refractivity contribution >= 4 is 0 Å². The van der Waals surface area contributed by atoms with Crippen molar-refractivity contribution in [2.75, 3.05) is 7.11 Å². The monoisotopic (exact) mass is 166 g/mol. The van der Waals surface area contributed by atoms with Crippen LogP contribution in [0.4, 0.5) is 0 Å². The molecule has 1 aromatic rings. The Kier molecular flexibility index (Phi) is 2.55. The highest BCUT2D eigenvalue weighted by Gasteiger charge is 1.96. The van der Waals surface area contributed by atoms with Gasteiger partial charge in [0.2, 0.25) is 0 Å². The highest BCUT2D eigenvalue weighted by Crippen LogP contribution is 2.24. The zero-order valence-electron chi connectivity index (χ0n) is 7.03. The molecular weight excluding hydrogens is 156 g/mol. The van der Waals surface area contributed by atoms with Gasteiger partial charge in [-0.15, -0.1) is 11.9 Å². The Bertz CT molecular complexity index is 268. The molecule has 0 saturated heterocycles. The molecule has 1 rings (SSSR count). The average molecular weight is 166 g/mol. The third kappa shape index (κ3) is 1.68. The molecule has 0 saturated carbocycles. The van der Waals surface area contributed by atoms with Crippen LogP contribution in [0.2, 0.25) is 0 Å². The number of methoxy groups -OCH3 is 1. The molecular formula is C9H10O3-2. The molecule has 1 unspecified atom stereocenters. The maximum Gasteiger partial charge on any atom is 0.119 e. The van der Waals surface area contributed by atoms with Crippen LogP contribution in [-0.4, -0.2) is 7.11 Å². The molecule has 0 aliphatic rings. The van der Waals surface area contributed by atoms with Crippen LogP contribution >= 0.6 is 0 Å². The summed E-state index contributed by atoms with van der Waals surface area (Å²) >= 11 is 0. The summed E-state index contributed by atoms with van der Waals surface area (Å²) in [5.41, 5.74) is 0.259. The molecule has 0 N–H and O–H groups in total. The van der Waals surface area contributed by atoms with E-state index in [0.717, 1.165) is 0 Å². The van der Waals surface area contributed by atoms with Crippen LogP contribution in [0.25, 0.3) is 0 Å². The predicted molar refractivity (Wildman–Crippen MR) is 40.9 cm³/mol. The van der Waals surface area contributed by atoms with E-state index in [1.54, 1.807) is 6.07 Å². The zero-order valence-corrected chi connectivity index (χ0v) is 7.03. The van der Waals surface area contributed by atoms with Gasteiger partial charge in [0.05, 0.1) is 7.11 Å². The molecule has 0 amide bonds. The molecule has 0 heterocycles. The third-order valence-electron chi connectivity index (χ3n) is 1.65. The molecule has 1 atom stereocenters. The summed E-state index contributed by atoms with van der Waals surface area (Å²) < 4.78 is 4.88. The molecule has 0 aromatic heterocycles. The Morgan fingerprint density at radius 2 is 2.08 bits per heavy atom. The Hall–Kier alpha value is -1.22. The molecule has 3 nitrogen and oxygen atoms in total. The van der Waals surface area contributed by atoms with Crippen molar-refractivity contribution in [3.63, 3.8) is 0 Å². The van der Waals surface area contributed by atoms with Gasteiger partial charge in [-0.05, 0) is 12.1 Å². The minimum Gasteiger partial charge on any atom is -0.872 e. The zero-order chi connectivity index (χ0) is 9.14. The molecule has 0 aliphatic carbocycles. The Morgan fingerprint density at radius 3 is 2.58 bits per heavy atom. The van der Waals surface area contributed by atoms with E-state index in [2.05, 4.69) is 0 Å². The van der Waals surface area contributed by atoms with E-state index in [1.165, 1.54) is 26.2 Å². The van der Waals surface area contributed by atoms with Gasteiger partial charge < -0.3 is 14.9 Å². The van der Waals surface area contributed by atoms with Crippen molar-refractivity contribution < 1.29 is 14.9 Å². The van der Waals surface area contributed by atoms with Crippen LogP contribution in [0.1, 0.15) is 18.6 Å². The first-order chi connectivity index (χ1) is 5.65. The first-order valence-electron chi connectivity index (χ1n) is 3.66. The summed E-state index contributed by atoms with van der Waals surface area (Å²) in [6, 6.07) is 4.39. The summed E-state index contributed by atoms with van der Waals surface area (Å²) in [6.45, 7) is 1.44. The quantitative estimate of drug-likeness (QED) is 0.630. The van der Waals surface area contributed by atoms with Gasteiger partial charge in [-0.2, -0.15) is 0 Å². The maximum atomic E-state index is 11.1. The molecule has 3 heteroatoms. The molecule has 0 radical (unpaired) electrons. The molecule has 1 aromatic carbocycles. The van der Waals surface area contributed by atoms with Gasteiger partial charge in [0, 0.05) is 0 Å². The lowest BCUT2D eigenvalue weighted by atomic mass is 10.1. The van der Waals surface area contributed by atoms with Gasteiger partial charge in [-0.3, -0.25) is 0 Å². The van der Waals surface area contributed by atoms with E-state index in [0.29, 0.717) is 5.75 Å². The molecule has 0 aliphatic heterocycles. The third-order valence-corrected chi connectivity index (χ3v) is 1.65. The first kappa shape index (κ1) is 8.87. The first-order valence-corrected chi connectivity index (χ1v) is 3.66. The summed E-state index contributed by atoms with van der Waals surface area (Å²) in [7, 11) is 1.50. The van der Waals surface area contributed by atoms with Crippen LogP contribution in [0.3, 0.4) is 0 Å². The second kappa shape index (κ2) is 3.45. The fraction of sp³-hybridized carbons (Fsp3) is 0.333. The number of benzene rings is 1. The van der Waals surface area contributed by atoms with Crippen molar-refractivity contribution in [1.29, 1.82) is 0 Å². The van der Waals surface area contributed by atoms with Crippen molar-refractivity contribution in [3.05, 3.63) is 23.8 Å². The maximum absolute atomic E-state index is 11.1. The summed E-state index contributed by atoms with van der Waals surface area (Å²) in [5, 5.41) is 22.0. The number of hydrogen-bond acceptors (Lipinski definition) is 3. The second-order valence-electron chi connectivity index (χ2n) is 2.55. The van der Waals surface area contributed by atoms with E-state index in [4.69, 9.17) is 4.74 Å². The van der Waals surface area contributed by atoms with Crippen LogP contribution in [0.15, 0.2) is 18.2 Å². The van der Waals surface area contributed by atoms with Crippen molar-refractivity contribution in [2.45, 2.75) is 13.0 Å². The topological polar surface area (TPSA) is 55.3 Å². The van der Waals surface area contributed by atoms with Crippen molar-refractivity contribution in [2.24, 2.45) is 0 Å². The van der Waals surface area contributed by atoms with Gasteiger partial charge in [0.1, 0.15) is 5.75 Å². The SMILES string of the molecule is COc1ccc([O-])c(C(C)[O-])c1. The number of hydrogen-bond donors (Lipinski definition) is 0. The smallest absolute Gasteiger partial charge is 0.119 e. The minimum absolute atomic E-state index is 0.224. The predicted octanol–water partition coefficient (Wildman–Crippen LogP) is 0.190. The molecule has 12 heavy (non-hydrogen) atoms. The lowest BCUT2D eigenvalue weighted by molar-refractivity contribution is -0.422. The second-order valence-corrected chi connectivity index (χ2v) is 2.55. The lowest BCUT2D eigenvalue weighted by Crippen LogP contribution is -2.13. The summed E-state index contributed by atoms with van der Waals surface area (Å²) in [5.74, 6) is 0.325. The van der Waals surface area contributed by atoms with Gasteiger partial charge in [0.15, 0.2) is 0 Å². The Morgan fingerprint density at radius 1 is 1.42 bits per heavy atom. The van der Waals surface area contributed by atoms with E-state index < -0.39 is 6.10 Å². The summed E-state index contributed by atoms with van der Waals surface area (Å²) in [6.07, 6.45) is -0.993. The van der Waals surface area contributed by atoms with Gasteiger partial charge in [-0.25, -0.2) is 0 Å². The van der Waals surface area contributed by atoms with Crippen LogP contribution < -0.4 is 14.9 Å². The average Bonchev–Trinajstić information content (AvgIpc) is 2.05. The molecule has 0 bridgehead atoms. The standard InChI is InChI=1S/C9H11O3/c1-6(10)8-5-7(12-2)3-4-9(8)11/h3-6,11H,1-2H3/q-1/p-1. The highest BCUT2D eigenvalue weighted by atomic mass is 16.5. The van der Waals surface area contributed by atoms with E-state index in [9.17, 15) is 10.2 Å².